The van der Waals surface area contributed by atoms with Gasteiger partial charge in [-0.1, -0.05) is 6.07 Å². The van der Waals surface area contributed by atoms with Gasteiger partial charge < -0.3 is 10.8 Å². The summed E-state index contributed by atoms with van der Waals surface area (Å²) >= 11 is 0. The molecule has 0 saturated heterocycles. The SMILES string of the molecule is NCc1ncccc1CCO. The lowest BCUT2D eigenvalue weighted by atomic mass is 10.1. The van der Waals surface area contributed by atoms with Crippen molar-refractivity contribution in [2.24, 2.45) is 5.73 Å². The highest BCUT2D eigenvalue weighted by Gasteiger charge is 1.98. The Balaban J connectivity index is 2.83. The summed E-state index contributed by atoms with van der Waals surface area (Å²) in [5.74, 6) is 0. The minimum atomic E-state index is 0.151. The molecule has 1 aromatic rings. The fourth-order valence-corrected chi connectivity index (χ4v) is 1.00. The Labute approximate surface area is 65.9 Å². The molecule has 1 rings (SSSR count). The molecule has 0 radical (unpaired) electrons. The minimum absolute atomic E-state index is 0.151. The van der Waals surface area contributed by atoms with Crippen molar-refractivity contribution in [3.8, 4) is 0 Å². The zero-order valence-electron chi connectivity index (χ0n) is 6.33. The largest absolute Gasteiger partial charge is 0.396 e. The Hall–Kier alpha value is -0.930. The standard InChI is InChI=1S/C8H12N2O/c9-6-8-7(3-5-11)2-1-4-10-8/h1-2,4,11H,3,5-6,9H2. The van der Waals surface area contributed by atoms with Gasteiger partial charge in [-0.25, -0.2) is 0 Å². The zero-order valence-corrected chi connectivity index (χ0v) is 6.33. The summed E-state index contributed by atoms with van der Waals surface area (Å²) < 4.78 is 0. The molecule has 60 valence electrons. The zero-order chi connectivity index (χ0) is 8.10. The van der Waals surface area contributed by atoms with E-state index in [1.807, 2.05) is 12.1 Å². The van der Waals surface area contributed by atoms with Crippen molar-refractivity contribution in [2.75, 3.05) is 6.61 Å². The number of hydrogen-bond donors (Lipinski definition) is 2. The second-order valence-electron chi connectivity index (χ2n) is 2.29. The van der Waals surface area contributed by atoms with Crippen LogP contribution in [0.4, 0.5) is 0 Å². The fraction of sp³-hybridized carbons (Fsp3) is 0.375. The molecule has 0 aliphatic heterocycles. The monoisotopic (exact) mass is 152 g/mol. The molecule has 0 atom stereocenters. The Morgan fingerprint density at radius 3 is 3.00 bits per heavy atom. The van der Waals surface area contributed by atoms with Crippen LogP contribution in [-0.2, 0) is 13.0 Å². The van der Waals surface area contributed by atoms with E-state index in [0.717, 1.165) is 11.3 Å². The quantitative estimate of drug-likeness (QED) is 0.644. The number of pyridine rings is 1. The average molecular weight is 152 g/mol. The van der Waals surface area contributed by atoms with E-state index in [2.05, 4.69) is 4.98 Å². The van der Waals surface area contributed by atoms with Crippen LogP contribution in [0, 0.1) is 0 Å². The summed E-state index contributed by atoms with van der Waals surface area (Å²) in [7, 11) is 0. The van der Waals surface area contributed by atoms with E-state index in [9.17, 15) is 0 Å². The number of aromatic nitrogens is 1. The fourth-order valence-electron chi connectivity index (χ4n) is 1.00. The highest BCUT2D eigenvalue weighted by atomic mass is 16.2. The minimum Gasteiger partial charge on any atom is -0.396 e. The van der Waals surface area contributed by atoms with Crippen LogP contribution in [0.15, 0.2) is 18.3 Å². The molecule has 0 saturated carbocycles. The predicted molar refractivity (Wildman–Crippen MR) is 42.9 cm³/mol. The summed E-state index contributed by atoms with van der Waals surface area (Å²) in [5, 5.41) is 8.67. The summed E-state index contributed by atoms with van der Waals surface area (Å²) in [6.07, 6.45) is 2.35. The Kier molecular flexibility index (Phi) is 3.01. The lowest BCUT2D eigenvalue weighted by molar-refractivity contribution is 0.299. The van der Waals surface area contributed by atoms with Gasteiger partial charge in [-0.15, -0.1) is 0 Å². The summed E-state index contributed by atoms with van der Waals surface area (Å²) in [6.45, 7) is 0.592. The van der Waals surface area contributed by atoms with Gasteiger partial charge >= 0.3 is 0 Å². The van der Waals surface area contributed by atoms with Crippen LogP contribution < -0.4 is 5.73 Å². The number of aliphatic hydroxyl groups is 1. The maximum atomic E-state index is 8.67. The Bertz CT molecular complexity index is 225. The van der Waals surface area contributed by atoms with Crippen LogP contribution in [0.3, 0.4) is 0 Å². The van der Waals surface area contributed by atoms with Crippen molar-refractivity contribution < 1.29 is 5.11 Å². The first-order valence-electron chi connectivity index (χ1n) is 3.62. The van der Waals surface area contributed by atoms with Crippen molar-refractivity contribution in [1.29, 1.82) is 0 Å². The first-order chi connectivity index (χ1) is 5.38. The van der Waals surface area contributed by atoms with Gasteiger partial charge in [0.1, 0.15) is 0 Å². The molecule has 0 spiro atoms. The maximum absolute atomic E-state index is 8.67. The molecule has 1 heterocycles. The third kappa shape index (κ3) is 2.00. The summed E-state index contributed by atoms with van der Waals surface area (Å²) in [4.78, 5) is 4.08. The highest BCUT2D eigenvalue weighted by Crippen LogP contribution is 2.04. The van der Waals surface area contributed by atoms with Crippen LogP contribution in [0.25, 0.3) is 0 Å². The lowest BCUT2D eigenvalue weighted by Gasteiger charge is -2.02. The first-order valence-corrected chi connectivity index (χ1v) is 3.62. The van der Waals surface area contributed by atoms with Gasteiger partial charge in [0, 0.05) is 19.3 Å². The second-order valence-corrected chi connectivity index (χ2v) is 2.29. The topological polar surface area (TPSA) is 59.1 Å². The van der Waals surface area contributed by atoms with Gasteiger partial charge in [0.2, 0.25) is 0 Å². The van der Waals surface area contributed by atoms with Crippen molar-refractivity contribution in [3.05, 3.63) is 29.6 Å². The van der Waals surface area contributed by atoms with E-state index in [1.54, 1.807) is 6.20 Å². The molecule has 3 heteroatoms. The molecule has 3 nitrogen and oxygen atoms in total. The predicted octanol–water partition coefficient (Wildman–Crippen LogP) is 0.0751. The summed E-state index contributed by atoms with van der Waals surface area (Å²) in [6, 6.07) is 3.79. The van der Waals surface area contributed by atoms with Crippen LogP contribution >= 0.6 is 0 Å². The van der Waals surface area contributed by atoms with Crippen molar-refractivity contribution in [3.63, 3.8) is 0 Å². The molecular formula is C8H12N2O. The van der Waals surface area contributed by atoms with Gasteiger partial charge in [-0.2, -0.15) is 0 Å². The molecule has 0 aliphatic carbocycles. The average Bonchev–Trinajstić information content (AvgIpc) is 2.06. The third-order valence-electron chi connectivity index (χ3n) is 1.56. The molecule has 0 amide bonds. The van der Waals surface area contributed by atoms with Gasteiger partial charge in [-0.05, 0) is 18.1 Å². The molecule has 0 unspecified atom stereocenters. The van der Waals surface area contributed by atoms with E-state index in [1.165, 1.54) is 0 Å². The Morgan fingerprint density at radius 2 is 2.36 bits per heavy atom. The van der Waals surface area contributed by atoms with E-state index in [0.29, 0.717) is 13.0 Å². The van der Waals surface area contributed by atoms with Crippen LogP contribution in [0.2, 0.25) is 0 Å². The molecule has 11 heavy (non-hydrogen) atoms. The van der Waals surface area contributed by atoms with Gasteiger partial charge in [-0.3, -0.25) is 4.98 Å². The summed E-state index contributed by atoms with van der Waals surface area (Å²) in [5.41, 5.74) is 7.35. The number of nitrogens with zero attached hydrogens (tertiary/aromatic N) is 1. The normalized spacial score (nSPS) is 10.0. The second kappa shape index (κ2) is 4.05. The molecule has 3 N–H and O–H groups in total. The van der Waals surface area contributed by atoms with E-state index in [4.69, 9.17) is 10.8 Å². The van der Waals surface area contributed by atoms with Crippen LogP contribution in [0.5, 0.6) is 0 Å². The molecule has 0 bridgehead atoms. The number of rotatable bonds is 3. The van der Waals surface area contributed by atoms with Crippen LogP contribution in [0.1, 0.15) is 11.3 Å². The Morgan fingerprint density at radius 1 is 1.55 bits per heavy atom. The van der Waals surface area contributed by atoms with E-state index < -0.39 is 0 Å². The maximum Gasteiger partial charge on any atom is 0.0572 e. The van der Waals surface area contributed by atoms with E-state index in [-0.39, 0.29) is 6.61 Å². The number of hydrogen-bond acceptors (Lipinski definition) is 3. The first kappa shape index (κ1) is 8.17. The highest BCUT2D eigenvalue weighted by molar-refractivity contribution is 5.19. The van der Waals surface area contributed by atoms with Crippen molar-refractivity contribution in [2.45, 2.75) is 13.0 Å². The molecule has 0 aliphatic rings. The molecule has 1 aromatic heterocycles. The molecule has 0 fully saturated rings. The van der Waals surface area contributed by atoms with E-state index >= 15 is 0 Å². The van der Waals surface area contributed by atoms with Crippen molar-refractivity contribution in [1.82, 2.24) is 4.98 Å². The van der Waals surface area contributed by atoms with Crippen LogP contribution in [-0.4, -0.2) is 16.7 Å². The van der Waals surface area contributed by atoms with Gasteiger partial charge in [0.25, 0.3) is 0 Å². The molecule has 0 aromatic carbocycles. The van der Waals surface area contributed by atoms with Gasteiger partial charge in [0.05, 0.1) is 5.69 Å². The lowest BCUT2D eigenvalue weighted by Crippen LogP contribution is -2.05. The van der Waals surface area contributed by atoms with Gasteiger partial charge in [0.15, 0.2) is 0 Å². The molecular weight excluding hydrogens is 140 g/mol. The number of nitrogens with two attached hydrogens (primary N) is 1. The number of aliphatic hydroxyl groups excluding tert-OH is 1. The smallest absolute Gasteiger partial charge is 0.0572 e. The third-order valence-corrected chi connectivity index (χ3v) is 1.56. The van der Waals surface area contributed by atoms with Crippen molar-refractivity contribution >= 4 is 0 Å².